The number of halogens is 1. The van der Waals surface area contributed by atoms with Crippen LogP contribution in [0.15, 0.2) is 34.1 Å². The van der Waals surface area contributed by atoms with Crippen LogP contribution in [-0.4, -0.2) is 11.1 Å². The lowest BCUT2D eigenvalue weighted by Gasteiger charge is -2.08. The summed E-state index contributed by atoms with van der Waals surface area (Å²) in [5, 5.41) is 9.07. The molecule has 0 spiro atoms. The Morgan fingerprint density at radius 2 is 2.17 bits per heavy atom. The SMILES string of the molecule is Cc1ccc(C(=O)O)c(OCc2ccc(Br)s2)c1. The van der Waals surface area contributed by atoms with Gasteiger partial charge in [0.25, 0.3) is 0 Å². The van der Waals surface area contributed by atoms with E-state index in [0.717, 1.165) is 14.2 Å². The number of carbonyl (C=O) groups is 1. The molecular weight excluding hydrogens is 316 g/mol. The highest BCUT2D eigenvalue weighted by atomic mass is 79.9. The highest BCUT2D eigenvalue weighted by Crippen LogP contribution is 2.25. The van der Waals surface area contributed by atoms with Gasteiger partial charge in [0.05, 0.1) is 3.79 Å². The maximum atomic E-state index is 11.1. The van der Waals surface area contributed by atoms with E-state index in [9.17, 15) is 4.79 Å². The molecule has 2 aromatic rings. The highest BCUT2D eigenvalue weighted by molar-refractivity contribution is 9.11. The van der Waals surface area contributed by atoms with Gasteiger partial charge in [0.15, 0.2) is 0 Å². The number of rotatable bonds is 4. The van der Waals surface area contributed by atoms with Gasteiger partial charge in [-0.25, -0.2) is 4.79 Å². The van der Waals surface area contributed by atoms with E-state index in [-0.39, 0.29) is 5.56 Å². The molecular formula is C13H11BrO3S. The van der Waals surface area contributed by atoms with Crippen LogP contribution in [0.4, 0.5) is 0 Å². The van der Waals surface area contributed by atoms with Crippen LogP contribution in [0, 0.1) is 6.92 Å². The zero-order chi connectivity index (χ0) is 13.1. The van der Waals surface area contributed by atoms with Crippen LogP contribution >= 0.6 is 27.3 Å². The van der Waals surface area contributed by atoms with Gasteiger partial charge in [0, 0.05) is 4.88 Å². The molecule has 0 aliphatic heterocycles. The largest absolute Gasteiger partial charge is 0.487 e. The topological polar surface area (TPSA) is 46.5 Å². The van der Waals surface area contributed by atoms with Crippen molar-refractivity contribution in [1.29, 1.82) is 0 Å². The Kier molecular flexibility index (Phi) is 4.04. The van der Waals surface area contributed by atoms with Crippen molar-refractivity contribution in [1.82, 2.24) is 0 Å². The van der Waals surface area contributed by atoms with E-state index in [2.05, 4.69) is 15.9 Å². The maximum absolute atomic E-state index is 11.1. The molecule has 1 heterocycles. The summed E-state index contributed by atoms with van der Waals surface area (Å²) in [5.74, 6) is -0.565. The van der Waals surface area contributed by atoms with E-state index in [1.165, 1.54) is 0 Å². The van der Waals surface area contributed by atoms with Crippen molar-refractivity contribution in [2.75, 3.05) is 0 Å². The monoisotopic (exact) mass is 326 g/mol. The van der Waals surface area contributed by atoms with Crippen LogP contribution in [0.3, 0.4) is 0 Å². The molecule has 2 rings (SSSR count). The third-order valence-corrected chi connectivity index (χ3v) is 3.96. The van der Waals surface area contributed by atoms with E-state index < -0.39 is 5.97 Å². The number of aryl methyl sites for hydroxylation is 1. The quantitative estimate of drug-likeness (QED) is 0.920. The third kappa shape index (κ3) is 3.11. The average Bonchev–Trinajstić information content (AvgIpc) is 2.72. The van der Waals surface area contributed by atoms with Crippen LogP contribution in [-0.2, 0) is 6.61 Å². The number of hydrogen-bond donors (Lipinski definition) is 1. The van der Waals surface area contributed by atoms with Gasteiger partial charge in [0.1, 0.15) is 17.9 Å². The van der Waals surface area contributed by atoms with Crippen LogP contribution in [0.1, 0.15) is 20.8 Å². The molecule has 3 nitrogen and oxygen atoms in total. The van der Waals surface area contributed by atoms with Crippen molar-refractivity contribution >= 4 is 33.2 Å². The predicted octanol–water partition coefficient (Wildman–Crippen LogP) is 4.10. The normalized spacial score (nSPS) is 10.3. The Hall–Kier alpha value is -1.33. The second-order valence-corrected chi connectivity index (χ2v) is 6.35. The number of ether oxygens (including phenoxy) is 1. The fourth-order valence-corrected chi connectivity index (χ4v) is 2.90. The summed E-state index contributed by atoms with van der Waals surface area (Å²) in [5.41, 5.74) is 1.17. The Bertz CT molecular complexity index is 577. The van der Waals surface area contributed by atoms with Crippen molar-refractivity contribution in [2.24, 2.45) is 0 Å². The lowest BCUT2D eigenvalue weighted by Crippen LogP contribution is -2.03. The van der Waals surface area contributed by atoms with Crippen molar-refractivity contribution in [3.05, 3.63) is 50.1 Å². The van der Waals surface area contributed by atoms with E-state index in [1.54, 1.807) is 29.5 Å². The van der Waals surface area contributed by atoms with Gasteiger partial charge in [-0.3, -0.25) is 0 Å². The summed E-state index contributed by atoms with van der Waals surface area (Å²) in [6, 6.07) is 8.96. The van der Waals surface area contributed by atoms with E-state index in [4.69, 9.17) is 9.84 Å². The Labute approximate surface area is 117 Å². The molecule has 0 atom stereocenters. The number of thiophene rings is 1. The van der Waals surface area contributed by atoms with Gasteiger partial charge in [-0.05, 0) is 52.7 Å². The van der Waals surface area contributed by atoms with Gasteiger partial charge in [-0.15, -0.1) is 11.3 Å². The fraction of sp³-hybridized carbons (Fsp3) is 0.154. The second kappa shape index (κ2) is 5.54. The Morgan fingerprint density at radius 3 is 2.78 bits per heavy atom. The Balaban J connectivity index is 2.17. The minimum atomic E-state index is -0.975. The van der Waals surface area contributed by atoms with Crippen LogP contribution in [0.25, 0.3) is 0 Å². The molecule has 5 heteroatoms. The predicted molar refractivity (Wildman–Crippen MR) is 74.5 cm³/mol. The van der Waals surface area contributed by atoms with Crippen LogP contribution in [0.2, 0.25) is 0 Å². The zero-order valence-corrected chi connectivity index (χ0v) is 12.0. The number of aromatic carboxylic acids is 1. The summed E-state index contributed by atoms with van der Waals surface area (Å²) >= 11 is 4.95. The van der Waals surface area contributed by atoms with Crippen LogP contribution < -0.4 is 4.74 Å². The van der Waals surface area contributed by atoms with Crippen LogP contribution in [0.5, 0.6) is 5.75 Å². The maximum Gasteiger partial charge on any atom is 0.339 e. The minimum absolute atomic E-state index is 0.191. The molecule has 0 radical (unpaired) electrons. The van der Waals surface area contributed by atoms with Gasteiger partial charge < -0.3 is 9.84 Å². The molecule has 0 aliphatic carbocycles. The smallest absolute Gasteiger partial charge is 0.339 e. The molecule has 1 N–H and O–H groups in total. The first kappa shape index (κ1) is 13.1. The van der Waals surface area contributed by atoms with Crippen molar-refractivity contribution in [3.8, 4) is 5.75 Å². The van der Waals surface area contributed by atoms with Gasteiger partial charge >= 0.3 is 5.97 Å². The van der Waals surface area contributed by atoms with Crippen molar-refractivity contribution in [3.63, 3.8) is 0 Å². The van der Waals surface area contributed by atoms with Crippen molar-refractivity contribution < 1.29 is 14.6 Å². The summed E-state index contributed by atoms with van der Waals surface area (Å²) < 4.78 is 6.62. The first-order chi connectivity index (χ1) is 8.56. The average molecular weight is 327 g/mol. The molecule has 0 unspecified atom stereocenters. The summed E-state index contributed by atoms with van der Waals surface area (Å²) in [6.07, 6.45) is 0. The molecule has 0 bridgehead atoms. The molecule has 0 amide bonds. The first-order valence-electron chi connectivity index (χ1n) is 5.27. The number of carboxylic acids is 1. The zero-order valence-electron chi connectivity index (χ0n) is 9.64. The molecule has 94 valence electrons. The third-order valence-electron chi connectivity index (χ3n) is 2.37. The molecule has 1 aromatic carbocycles. The van der Waals surface area contributed by atoms with Gasteiger partial charge in [-0.2, -0.15) is 0 Å². The fourth-order valence-electron chi connectivity index (χ4n) is 1.50. The number of benzene rings is 1. The highest BCUT2D eigenvalue weighted by Gasteiger charge is 2.11. The van der Waals surface area contributed by atoms with E-state index >= 15 is 0 Å². The molecule has 0 aliphatic rings. The van der Waals surface area contributed by atoms with Gasteiger partial charge in [0.2, 0.25) is 0 Å². The standard InChI is InChI=1S/C13H11BrO3S/c1-8-2-4-10(13(15)16)11(6-8)17-7-9-3-5-12(14)18-9/h2-6H,7H2,1H3,(H,15,16). The number of hydrogen-bond acceptors (Lipinski definition) is 3. The van der Waals surface area contributed by atoms with Gasteiger partial charge in [-0.1, -0.05) is 6.07 Å². The van der Waals surface area contributed by atoms with Crippen molar-refractivity contribution in [2.45, 2.75) is 13.5 Å². The van der Waals surface area contributed by atoms with E-state index in [1.807, 2.05) is 19.1 Å². The second-order valence-electron chi connectivity index (χ2n) is 3.80. The number of carboxylic acid groups (broad SMARTS) is 1. The first-order valence-corrected chi connectivity index (χ1v) is 6.88. The molecule has 0 saturated heterocycles. The molecule has 1 aromatic heterocycles. The minimum Gasteiger partial charge on any atom is -0.487 e. The lowest BCUT2D eigenvalue weighted by atomic mass is 10.1. The Morgan fingerprint density at radius 1 is 1.39 bits per heavy atom. The summed E-state index contributed by atoms with van der Waals surface area (Å²) in [4.78, 5) is 12.1. The molecule has 0 saturated carbocycles. The van der Waals surface area contributed by atoms with E-state index in [0.29, 0.717) is 12.4 Å². The molecule has 0 fully saturated rings. The molecule has 18 heavy (non-hydrogen) atoms. The summed E-state index contributed by atoms with van der Waals surface area (Å²) in [6.45, 7) is 2.28. The summed E-state index contributed by atoms with van der Waals surface area (Å²) in [7, 11) is 0. The lowest BCUT2D eigenvalue weighted by molar-refractivity contribution is 0.0692.